The van der Waals surface area contributed by atoms with E-state index >= 15 is 0 Å². The summed E-state index contributed by atoms with van der Waals surface area (Å²) in [4.78, 5) is 0. The average Bonchev–Trinajstić information content (AvgIpc) is 0. The van der Waals surface area contributed by atoms with Gasteiger partial charge >= 0.3 is 53.5 Å². The van der Waals surface area contributed by atoms with Crippen LogP contribution in [-0.4, -0.2) is 53.5 Å². The standard InChI is InChI=1S/Bi.Co.Mo.Ni.Pb.5H. The summed E-state index contributed by atoms with van der Waals surface area (Å²) in [5.41, 5.74) is 0. The molecule has 0 aromatic heterocycles. The van der Waals surface area contributed by atoms with Gasteiger partial charge in [0.1, 0.15) is 0 Å². The summed E-state index contributed by atoms with van der Waals surface area (Å²) in [5.74, 6) is 0. The first-order chi connectivity index (χ1) is 0. The molecular weight excluding hydrogens is 630 g/mol. The molecule has 0 saturated carbocycles. The molecule has 39 valence electrons. The third-order valence-corrected chi connectivity index (χ3v) is 0. The molecule has 0 aliphatic rings. The maximum atomic E-state index is 0. The van der Waals surface area contributed by atoms with Crippen LogP contribution in [0.2, 0.25) is 0 Å². The van der Waals surface area contributed by atoms with E-state index in [0.29, 0.717) is 0 Å². The van der Waals surface area contributed by atoms with Crippen molar-refractivity contribution in [1.82, 2.24) is 0 Å². The first-order valence-corrected chi connectivity index (χ1v) is 0. The van der Waals surface area contributed by atoms with Crippen LogP contribution >= 0.6 is 0 Å². The molecule has 0 aliphatic carbocycles. The van der Waals surface area contributed by atoms with Crippen molar-refractivity contribution in [2.75, 3.05) is 0 Å². The van der Waals surface area contributed by atoms with Crippen molar-refractivity contribution in [2.45, 2.75) is 0 Å². The second-order valence-corrected chi connectivity index (χ2v) is 0. The fourth-order valence-electron chi connectivity index (χ4n) is 0. The Morgan fingerprint density at radius 1 is 1.00 bits per heavy atom. The first kappa shape index (κ1) is 39.1. The van der Waals surface area contributed by atoms with E-state index in [1.54, 1.807) is 0 Å². The van der Waals surface area contributed by atoms with Crippen molar-refractivity contribution in [2.24, 2.45) is 0 Å². The fraction of sp³-hybridized carbons (Fsp3) is 0. The molecule has 0 aromatic rings. The van der Waals surface area contributed by atoms with Gasteiger partial charge in [-0.05, 0) is 0 Å². The SMILES string of the molecule is [BiH3].[Co].[Mo].[Ni].[PbH2]. The Balaban J connectivity index is 0. The first-order valence-electron chi connectivity index (χ1n) is 0. The van der Waals surface area contributed by atoms with Crippen molar-refractivity contribution in [3.8, 4) is 0 Å². The molecule has 3 radical (unpaired) electrons. The van der Waals surface area contributed by atoms with Gasteiger partial charge in [-0.2, -0.15) is 0 Å². The van der Waals surface area contributed by atoms with Crippen LogP contribution in [0.5, 0.6) is 0 Å². The van der Waals surface area contributed by atoms with Crippen molar-refractivity contribution >= 4 is 53.5 Å². The van der Waals surface area contributed by atoms with Gasteiger partial charge in [0.15, 0.2) is 0 Å². The monoisotopic (exact) mass is 637 g/mol. The zero-order valence-corrected chi connectivity index (χ0v) is 17.5. The van der Waals surface area contributed by atoms with Gasteiger partial charge in [0.05, 0.1) is 0 Å². The summed E-state index contributed by atoms with van der Waals surface area (Å²) in [6, 6.07) is 0. The van der Waals surface area contributed by atoms with Crippen LogP contribution < -0.4 is 0 Å². The third-order valence-electron chi connectivity index (χ3n) is 0. The van der Waals surface area contributed by atoms with E-state index < -0.39 is 0 Å². The molecular formula is H5BiCoMoNiPb. The summed E-state index contributed by atoms with van der Waals surface area (Å²) >= 11 is 0. The quantitative estimate of drug-likeness (QED) is 0.268. The van der Waals surface area contributed by atoms with Crippen LogP contribution in [0.1, 0.15) is 0 Å². The molecule has 5 heavy (non-hydrogen) atoms. The number of rotatable bonds is 0. The Bertz CT molecular complexity index is 11.6. The Morgan fingerprint density at radius 3 is 1.00 bits per heavy atom. The van der Waals surface area contributed by atoms with Crippen LogP contribution in [0.15, 0.2) is 0 Å². The second-order valence-electron chi connectivity index (χ2n) is 0. The van der Waals surface area contributed by atoms with Gasteiger partial charge in [0, 0.05) is 54.3 Å². The van der Waals surface area contributed by atoms with E-state index in [1.807, 2.05) is 0 Å². The van der Waals surface area contributed by atoms with Crippen LogP contribution in [-0.2, 0) is 54.3 Å². The van der Waals surface area contributed by atoms with Gasteiger partial charge in [-0.3, -0.25) is 0 Å². The number of hydrogen-bond donors (Lipinski definition) is 0. The zero-order valence-electron chi connectivity index (χ0n) is 2.47. The molecule has 0 amide bonds. The predicted octanol–water partition coefficient (Wildman–Crippen LogP) is -2.11. The molecule has 0 spiro atoms. The van der Waals surface area contributed by atoms with Crippen LogP contribution in [0.25, 0.3) is 0 Å². The van der Waals surface area contributed by atoms with Crippen LogP contribution in [0, 0.1) is 0 Å². The van der Waals surface area contributed by atoms with Gasteiger partial charge in [-0.1, -0.05) is 0 Å². The Kier molecular flexibility index (Phi) is 202. The molecule has 0 aromatic carbocycles. The van der Waals surface area contributed by atoms with Crippen LogP contribution in [0.4, 0.5) is 0 Å². The van der Waals surface area contributed by atoms with E-state index in [1.165, 1.54) is 0 Å². The van der Waals surface area contributed by atoms with Gasteiger partial charge in [-0.25, -0.2) is 0 Å². The predicted molar refractivity (Wildman–Crippen MR) is 18.5 cm³/mol. The molecule has 0 heterocycles. The summed E-state index contributed by atoms with van der Waals surface area (Å²) in [6.07, 6.45) is 0. The van der Waals surface area contributed by atoms with Gasteiger partial charge < -0.3 is 0 Å². The van der Waals surface area contributed by atoms with E-state index in [0.717, 1.165) is 0 Å². The molecule has 0 rings (SSSR count). The van der Waals surface area contributed by atoms with Gasteiger partial charge in [0.25, 0.3) is 0 Å². The van der Waals surface area contributed by atoms with Crippen molar-refractivity contribution in [1.29, 1.82) is 0 Å². The molecule has 0 nitrogen and oxygen atoms in total. The van der Waals surface area contributed by atoms with E-state index in [9.17, 15) is 0 Å². The molecule has 0 saturated heterocycles. The number of hydrogen-bond acceptors (Lipinski definition) is 0. The molecule has 0 N–H and O–H groups in total. The molecule has 0 unspecified atom stereocenters. The Hall–Kier alpha value is 3.49. The summed E-state index contributed by atoms with van der Waals surface area (Å²) < 4.78 is 0. The van der Waals surface area contributed by atoms with Gasteiger partial charge in [-0.15, -0.1) is 0 Å². The molecule has 0 fully saturated rings. The van der Waals surface area contributed by atoms with Crippen LogP contribution in [0.3, 0.4) is 0 Å². The zero-order chi connectivity index (χ0) is 0. The van der Waals surface area contributed by atoms with E-state index in [4.69, 9.17) is 0 Å². The molecule has 0 atom stereocenters. The average molecular weight is 635 g/mol. The van der Waals surface area contributed by atoms with E-state index in [2.05, 4.69) is 0 Å². The molecule has 5 heteroatoms. The minimum absolute atomic E-state index is 0. The fourth-order valence-corrected chi connectivity index (χ4v) is 0. The Morgan fingerprint density at radius 2 is 1.00 bits per heavy atom. The minimum atomic E-state index is 0. The van der Waals surface area contributed by atoms with Crippen molar-refractivity contribution < 1.29 is 54.3 Å². The third kappa shape index (κ3) is 18.5. The molecule has 0 bridgehead atoms. The van der Waals surface area contributed by atoms with Crippen molar-refractivity contribution in [3.05, 3.63) is 0 Å². The topological polar surface area (TPSA) is 0 Å². The summed E-state index contributed by atoms with van der Waals surface area (Å²) in [5, 5.41) is 0. The maximum absolute atomic E-state index is 0. The Labute approximate surface area is 106 Å². The second kappa shape index (κ2) is 25.9. The summed E-state index contributed by atoms with van der Waals surface area (Å²) in [6.45, 7) is 0. The normalized spacial score (nSPS) is 0. The molecule has 0 aliphatic heterocycles. The summed E-state index contributed by atoms with van der Waals surface area (Å²) in [7, 11) is 0. The van der Waals surface area contributed by atoms with E-state index in [-0.39, 0.29) is 108 Å². The van der Waals surface area contributed by atoms with Gasteiger partial charge in [0.2, 0.25) is 0 Å². The van der Waals surface area contributed by atoms with Crippen molar-refractivity contribution in [3.63, 3.8) is 0 Å².